The molecule has 0 aliphatic carbocycles. The van der Waals surface area contributed by atoms with Crippen LogP contribution in [-0.2, 0) is 19.6 Å². The highest BCUT2D eigenvalue weighted by Gasteiger charge is 2.30. The Morgan fingerprint density at radius 3 is 2.43 bits per heavy atom. The lowest BCUT2D eigenvalue weighted by Crippen LogP contribution is -2.45. The molecule has 0 fully saturated rings. The second kappa shape index (κ2) is 9.62. The quantitative estimate of drug-likeness (QED) is 0.641. The van der Waals surface area contributed by atoms with Gasteiger partial charge in [-0.25, -0.2) is 13.2 Å². The number of carbonyl (C=O) groups excluding carboxylic acids is 2. The average molecular weight is 435 g/mol. The summed E-state index contributed by atoms with van der Waals surface area (Å²) >= 11 is 0. The first kappa shape index (κ1) is 23.2. The molecule has 1 N–H and O–H groups in total. The minimum absolute atomic E-state index is 0.232. The molecule has 0 bridgehead atoms. The molecule has 30 heavy (non-hydrogen) atoms. The highest BCUT2D eigenvalue weighted by atomic mass is 32.2. The minimum atomic E-state index is -3.78. The molecule has 0 aliphatic heterocycles. The van der Waals surface area contributed by atoms with Crippen LogP contribution in [0.1, 0.15) is 29.8 Å². The Hall–Kier alpha value is -3.07. The van der Waals surface area contributed by atoms with Crippen molar-refractivity contribution in [1.29, 1.82) is 0 Å². The van der Waals surface area contributed by atoms with Crippen molar-refractivity contribution in [2.75, 3.05) is 29.6 Å². The van der Waals surface area contributed by atoms with E-state index in [-0.39, 0.29) is 6.61 Å². The third-order valence-electron chi connectivity index (χ3n) is 4.48. The third kappa shape index (κ3) is 5.29. The van der Waals surface area contributed by atoms with Gasteiger partial charge in [0.1, 0.15) is 11.8 Å². The number of rotatable bonds is 8. The molecule has 0 spiro atoms. The van der Waals surface area contributed by atoms with Crippen LogP contribution in [0.2, 0.25) is 0 Å². The van der Waals surface area contributed by atoms with Crippen LogP contribution in [0.25, 0.3) is 0 Å². The summed E-state index contributed by atoms with van der Waals surface area (Å²) < 4.78 is 36.1. The molecular weight excluding hydrogens is 408 g/mol. The molecule has 0 aliphatic rings. The van der Waals surface area contributed by atoms with Gasteiger partial charge in [-0.2, -0.15) is 0 Å². The van der Waals surface area contributed by atoms with E-state index in [2.05, 4.69) is 5.32 Å². The molecule has 0 saturated heterocycles. The van der Waals surface area contributed by atoms with Crippen molar-refractivity contribution in [3.63, 3.8) is 0 Å². The highest BCUT2D eigenvalue weighted by molar-refractivity contribution is 7.92. The van der Waals surface area contributed by atoms with Crippen molar-refractivity contribution in [2.24, 2.45) is 0 Å². The second-order valence-corrected chi connectivity index (χ2v) is 8.48. The summed E-state index contributed by atoms with van der Waals surface area (Å²) in [5.74, 6) is -0.576. The van der Waals surface area contributed by atoms with E-state index in [1.807, 2.05) is 0 Å². The zero-order chi connectivity index (χ0) is 22.5. The molecule has 0 saturated carbocycles. The molecule has 0 heterocycles. The SMILES string of the molecule is CCOC(=O)c1cccc(NC(=O)[C@H](C)N(c2cccc(OC)c2)S(C)(=O)=O)c1C. The summed E-state index contributed by atoms with van der Waals surface area (Å²) in [7, 11) is -2.30. The van der Waals surface area contributed by atoms with Crippen molar-refractivity contribution in [3.8, 4) is 5.75 Å². The number of methoxy groups -OCH3 is 1. The topological polar surface area (TPSA) is 102 Å². The van der Waals surface area contributed by atoms with E-state index >= 15 is 0 Å². The van der Waals surface area contributed by atoms with Crippen LogP contribution in [0, 0.1) is 6.92 Å². The van der Waals surface area contributed by atoms with Gasteiger partial charge in [0.25, 0.3) is 0 Å². The molecule has 8 nitrogen and oxygen atoms in total. The third-order valence-corrected chi connectivity index (χ3v) is 5.72. The average Bonchev–Trinajstić information content (AvgIpc) is 2.68. The van der Waals surface area contributed by atoms with Gasteiger partial charge in [0, 0.05) is 11.8 Å². The van der Waals surface area contributed by atoms with E-state index in [9.17, 15) is 18.0 Å². The molecule has 2 rings (SSSR count). The van der Waals surface area contributed by atoms with Gasteiger partial charge in [-0.05, 0) is 50.6 Å². The number of anilines is 2. The number of ether oxygens (including phenoxy) is 2. The van der Waals surface area contributed by atoms with E-state index in [0.29, 0.717) is 28.3 Å². The van der Waals surface area contributed by atoms with Gasteiger partial charge in [-0.1, -0.05) is 12.1 Å². The van der Waals surface area contributed by atoms with E-state index in [1.54, 1.807) is 50.2 Å². The second-order valence-electron chi connectivity index (χ2n) is 6.62. The van der Waals surface area contributed by atoms with Crippen LogP contribution >= 0.6 is 0 Å². The van der Waals surface area contributed by atoms with Crippen LogP contribution in [0.5, 0.6) is 5.75 Å². The zero-order valence-electron chi connectivity index (χ0n) is 17.6. The predicted molar refractivity (Wildman–Crippen MR) is 116 cm³/mol. The van der Waals surface area contributed by atoms with E-state index in [4.69, 9.17) is 9.47 Å². The first-order chi connectivity index (χ1) is 14.1. The molecule has 0 radical (unpaired) electrons. The molecule has 162 valence electrons. The maximum atomic E-state index is 12.9. The Labute approximate surface area is 176 Å². The Bertz CT molecular complexity index is 1040. The standard InChI is InChI=1S/C21H26N2O6S/c1-6-29-21(25)18-11-8-12-19(14(18)2)22-20(24)15(3)23(30(5,26)27)16-9-7-10-17(13-16)28-4/h7-13,15H,6H2,1-5H3,(H,22,24)/t15-/m0/s1. The van der Waals surface area contributed by atoms with Crippen LogP contribution in [0.4, 0.5) is 11.4 Å². The molecule has 1 atom stereocenters. The summed E-state index contributed by atoms with van der Waals surface area (Å²) in [5, 5.41) is 2.71. The normalized spacial score (nSPS) is 12.0. The molecule has 0 aromatic heterocycles. The van der Waals surface area contributed by atoms with Crippen LogP contribution in [-0.4, -0.2) is 46.3 Å². The minimum Gasteiger partial charge on any atom is -0.497 e. The number of nitrogens with one attached hydrogen (secondary N) is 1. The fraction of sp³-hybridized carbons (Fsp3) is 0.333. The first-order valence-electron chi connectivity index (χ1n) is 9.31. The summed E-state index contributed by atoms with van der Waals surface area (Å²) in [5.41, 5.74) is 1.56. The van der Waals surface area contributed by atoms with Gasteiger partial charge in [0.15, 0.2) is 0 Å². The molecule has 9 heteroatoms. The maximum Gasteiger partial charge on any atom is 0.338 e. The predicted octanol–water partition coefficient (Wildman–Crippen LogP) is 2.97. The van der Waals surface area contributed by atoms with Crippen LogP contribution in [0.15, 0.2) is 42.5 Å². The van der Waals surface area contributed by atoms with Gasteiger partial charge in [-0.3, -0.25) is 9.10 Å². The molecule has 0 unspecified atom stereocenters. The first-order valence-corrected chi connectivity index (χ1v) is 11.2. The lowest BCUT2D eigenvalue weighted by Gasteiger charge is -2.28. The Morgan fingerprint density at radius 1 is 1.17 bits per heavy atom. The van der Waals surface area contributed by atoms with Gasteiger partial charge in [-0.15, -0.1) is 0 Å². The van der Waals surface area contributed by atoms with E-state index in [1.165, 1.54) is 20.1 Å². The van der Waals surface area contributed by atoms with Crippen LogP contribution in [0.3, 0.4) is 0 Å². The summed E-state index contributed by atoms with van der Waals surface area (Å²) in [4.78, 5) is 25.0. The number of esters is 1. The van der Waals surface area contributed by atoms with E-state index in [0.717, 1.165) is 10.6 Å². The maximum absolute atomic E-state index is 12.9. The Morgan fingerprint density at radius 2 is 1.83 bits per heavy atom. The molecule has 1 amide bonds. The summed E-state index contributed by atoms with van der Waals surface area (Å²) in [6.45, 7) is 5.11. The number of sulfonamides is 1. The van der Waals surface area contributed by atoms with Crippen molar-refractivity contribution >= 4 is 33.3 Å². The Kier molecular flexibility index (Phi) is 7.44. The number of benzene rings is 2. The monoisotopic (exact) mass is 434 g/mol. The number of hydrogen-bond acceptors (Lipinski definition) is 6. The Balaban J connectivity index is 2.35. The summed E-state index contributed by atoms with van der Waals surface area (Å²) in [6, 6.07) is 10.2. The van der Waals surface area contributed by atoms with Crippen molar-refractivity contribution < 1.29 is 27.5 Å². The molecule has 2 aromatic carbocycles. The van der Waals surface area contributed by atoms with Gasteiger partial charge >= 0.3 is 5.97 Å². The summed E-state index contributed by atoms with van der Waals surface area (Å²) in [6.07, 6.45) is 1.03. The van der Waals surface area contributed by atoms with Gasteiger partial charge < -0.3 is 14.8 Å². The van der Waals surface area contributed by atoms with Crippen molar-refractivity contribution in [1.82, 2.24) is 0 Å². The highest BCUT2D eigenvalue weighted by Crippen LogP contribution is 2.26. The number of hydrogen-bond donors (Lipinski definition) is 1. The van der Waals surface area contributed by atoms with Crippen molar-refractivity contribution in [3.05, 3.63) is 53.6 Å². The number of carbonyl (C=O) groups is 2. The van der Waals surface area contributed by atoms with E-state index < -0.39 is 27.9 Å². The number of amides is 1. The number of nitrogens with zero attached hydrogens (tertiary/aromatic N) is 1. The van der Waals surface area contributed by atoms with Gasteiger partial charge in [0.05, 0.1) is 31.2 Å². The fourth-order valence-electron chi connectivity index (χ4n) is 2.99. The van der Waals surface area contributed by atoms with Crippen molar-refractivity contribution in [2.45, 2.75) is 26.8 Å². The lowest BCUT2D eigenvalue weighted by molar-refractivity contribution is -0.116. The van der Waals surface area contributed by atoms with Gasteiger partial charge in [0.2, 0.25) is 15.9 Å². The van der Waals surface area contributed by atoms with Crippen LogP contribution < -0.4 is 14.4 Å². The smallest absolute Gasteiger partial charge is 0.338 e. The molecular formula is C21H26N2O6S. The lowest BCUT2D eigenvalue weighted by atomic mass is 10.1. The zero-order valence-corrected chi connectivity index (χ0v) is 18.4. The molecule has 2 aromatic rings. The largest absolute Gasteiger partial charge is 0.497 e. The fourth-order valence-corrected chi connectivity index (χ4v) is 4.16.